The number of furan rings is 1. The average molecular weight is 576 g/mol. The van der Waals surface area contributed by atoms with E-state index in [1.54, 1.807) is 24.1 Å². The number of hydrogen-bond acceptors (Lipinski definition) is 7. The Kier molecular flexibility index (Phi) is 5.44. The Morgan fingerprint density at radius 3 is 2.59 bits per heavy atom. The summed E-state index contributed by atoms with van der Waals surface area (Å²) in [6.07, 6.45) is -2.31. The number of hydrogen-bond donors (Lipinski definition) is 2. The molecular formula is C26H20F3N3O5S2. The number of thioether (sulfide) groups is 1. The number of nitrogens with zero attached hydrogens (tertiary/aromatic N) is 1. The van der Waals surface area contributed by atoms with Gasteiger partial charge in [-0.05, 0) is 54.5 Å². The number of anilines is 1. The highest BCUT2D eigenvalue weighted by Crippen LogP contribution is 2.68. The Labute approximate surface area is 226 Å². The predicted octanol–water partition coefficient (Wildman–Crippen LogP) is 4.16. The molecule has 1 saturated heterocycles. The highest BCUT2D eigenvalue weighted by Gasteiger charge is 2.69. The molecule has 2 saturated carbocycles. The SMILES string of the molecule is O=C(CN1C(=O)[C@@H]2[C@H]3C[C@@H]([C@H]2C1=O)[C@H]1[C@@H](c2ccco2)c2sc(=O)[nH]c2S[C@H]31)Nc1cccc(C(F)(F)F)c1. The van der Waals surface area contributed by atoms with Gasteiger partial charge in [0.15, 0.2) is 0 Å². The van der Waals surface area contributed by atoms with E-state index in [9.17, 15) is 32.3 Å². The number of amides is 3. The van der Waals surface area contributed by atoms with E-state index < -0.39 is 47.8 Å². The quantitative estimate of drug-likeness (QED) is 0.452. The third-order valence-corrected chi connectivity index (χ3v) is 11.0. The second kappa shape index (κ2) is 8.59. The van der Waals surface area contributed by atoms with Gasteiger partial charge in [0.05, 0.1) is 39.5 Å². The van der Waals surface area contributed by atoms with E-state index in [-0.39, 0.29) is 39.5 Å². The van der Waals surface area contributed by atoms with E-state index in [2.05, 4.69) is 10.3 Å². The lowest BCUT2D eigenvalue weighted by Crippen LogP contribution is -2.42. The van der Waals surface area contributed by atoms with Crippen LogP contribution in [0.2, 0.25) is 0 Å². The first kappa shape index (κ1) is 24.7. The molecule has 2 aliphatic carbocycles. The third kappa shape index (κ3) is 3.73. The zero-order valence-corrected chi connectivity index (χ0v) is 21.6. The topological polar surface area (TPSA) is 112 Å². The molecule has 202 valence electrons. The molecule has 0 radical (unpaired) electrons. The molecule has 2 aromatic heterocycles. The number of imide groups is 1. The van der Waals surface area contributed by atoms with Crippen LogP contribution in [0.25, 0.3) is 0 Å². The van der Waals surface area contributed by atoms with Crippen LogP contribution in [0.15, 0.2) is 56.9 Å². The second-order valence-electron chi connectivity index (χ2n) is 10.4. The number of thiazole rings is 1. The smallest absolute Gasteiger partial charge is 0.416 e. The standard InChI is InChI=1S/C26H20F3N3O5S2/c27-26(28,29)10-3-1-4-11(7-10)30-15(33)9-32-23(34)17-12-8-13(18(17)24(32)35)20-16(12)19(14-5-2-6-37-14)21-22(38-20)31-25(36)39-21/h1-7,12-13,16-20H,8-9H2,(H,30,33)(H,31,36)/t12-,13-,16+,17-,18-,19-,20-/m1/s1. The van der Waals surface area contributed by atoms with Crippen LogP contribution in [0, 0.1) is 29.6 Å². The number of aromatic nitrogens is 1. The number of carbonyl (C=O) groups is 3. The monoisotopic (exact) mass is 575 g/mol. The maximum absolute atomic E-state index is 13.6. The van der Waals surface area contributed by atoms with Gasteiger partial charge in [-0.25, -0.2) is 0 Å². The third-order valence-electron chi connectivity index (χ3n) is 8.44. The van der Waals surface area contributed by atoms with E-state index in [0.29, 0.717) is 12.2 Å². The number of carbonyl (C=O) groups excluding carboxylic acids is 3. The van der Waals surface area contributed by atoms with Crippen molar-refractivity contribution in [3.8, 4) is 0 Å². The molecule has 3 amide bonds. The van der Waals surface area contributed by atoms with Crippen LogP contribution in [0.5, 0.6) is 0 Å². The van der Waals surface area contributed by atoms with Gasteiger partial charge < -0.3 is 14.7 Å². The second-order valence-corrected chi connectivity index (χ2v) is 12.6. The number of aromatic amines is 1. The normalized spacial score (nSPS) is 30.8. The van der Waals surface area contributed by atoms with Gasteiger partial charge in [-0.1, -0.05) is 17.4 Å². The molecule has 4 aliphatic rings. The van der Waals surface area contributed by atoms with Crippen LogP contribution < -0.4 is 10.2 Å². The summed E-state index contributed by atoms with van der Waals surface area (Å²) in [5.41, 5.74) is -0.987. The van der Waals surface area contributed by atoms with Gasteiger partial charge in [0, 0.05) is 10.9 Å². The Bertz CT molecular complexity index is 1560. The molecule has 0 spiro atoms. The number of nitrogens with one attached hydrogen (secondary N) is 2. The lowest BCUT2D eigenvalue weighted by atomic mass is 9.69. The fourth-order valence-corrected chi connectivity index (χ4v) is 10.0. The van der Waals surface area contributed by atoms with Crippen LogP contribution in [-0.4, -0.2) is 39.4 Å². The fourth-order valence-electron chi connectivity index (χ4n) is 7.14. The molecule has 4 heterocycles. The van der Waals surface area contributed by atoms with Crippen molar-refractivity contribution in [2.45, 2.75) is 28.8 Å². The molecule has 2 N–H and O–H groups in total. The number of benzene rings is 1. The van der Waals surface area contributed by atoms with E-state index in [0.717, 1.165) is 38.3 Å². The molecule has 3 fully saturated rings. The van der Waals surface area contributed by atoms with E-state index in [4.69, 9.17) is 4.42 Å². The molecular weight excluding hydrogens is 555 g/mol. The minimum Gasteiger partial charge on any atom is -0.469 e. The van der Waals surface area contributed by atoms with Crippen molar-refractivity contribution in [1.29, 1.82) is 0 Å². The highest BCUT2D eigenvalue weighted by molar-refractivity contribution is 8.00. The van der Waals surface area contributed by atoms with Crippen molar-refractivity contribution in [2.75, 3.05) is 11.9 Å². The molecule has 7 rings (SSSR count). The fraction of sp³-hybridized carbons (Fsp3) is 0.385. The summed E-state index contributed by atoms with van der Waals surface area (Å²) in [5.74, 6) is -2.53. The van der Waals surface area contributed by atoms with Gasteiger partial charge in [-0.3, -0.25) is 24.1 Å². The number of halogens is 3. The Balaban J connectivity index is 1.14. The first-order valence-electron chi connectivity index (χ1n) is 12.4. The van der Waals surface area contributed by atoms with E-state index in [1.165, 1.54) is 12.1 Å². The summed E-state index contributed by atoms with van der Waals surface area (Å²) >= 11 is 2.68. The molecule has 13 heteroatoms. The Hall–Kier alpha value is -3.32. The summed E-state index contributed by atoms with van der Waals surface area (Å²) in [5, 5.41) is 3.14. The average Bonchev–Trinajstić information content (AvgIpc) is 3.69. The number of rotatable bonds is 4. The van der Waals surface area contributed by atoms with E-state index >= 15 is 0 Å². The lowest BCUT2D eigenvalue weighted by molar-refractivity contribution is -0.143. The lowest BCUT2D eigenvalue weighted by Gasteiger charge is -2.42. The van der Waals surface area contributed by atoms with Gasteiger partial charge in [0.25, 0.3) is 0 Å². The zero-order valence-electron chi connectivity index (χ0n) is 19.9. The molecule has 8 nitrogen and oxygen atoms in total. The van der Waals surface area contributed by atoms with Crippen molar-refractivity contribution >= 4 is 46.5 Å². The first-order chi connectivity index (χ1) is 18.6. The van der Waals surface area contributed by atoms with Gasteiger partial charge in [-0.2, -0.15) is 13.2 Å². The minimum absolute atomic E-state index is 0.0141. The Morgan fingerprint density at radius 2 is 1.87 bits per heavy atom. The molecule has 39 heavy (non-hydrogen) atoms. The summed E-state index contributed by atoms with van der Waals surface area (Å²) in [6.45, 7) is -0.564. The van der Waals surface area contributed by atoms with Crippen molar-refractivity contribution in [1.82, 2.24) is 9.88 Å². The van der Waals surface area contributed by atoms with Crippen LogP contribution in [-0.2, 0) is 20.6 Å². The minimum atomic E-state index is -4.57. The zero-order chi connectivity index (χ0) is 27.2. The molecule has 2 bridgehead atoms. The van der Waals surface area contributed by atoms with Gasteiger partial charge in [-0.15, -0.1) is 11.8 Å². The summed E-state index contributed by atoms with van der Waals surface area (Å²) in [4.78, 5) is 56.6. The van der Waals surface area contributed by atoms with Crippen LogP contribution in [0.4, 0.5) is 18.9 Å². The maximum atomic E-state index is 13.6. The van der Waals surface area contributed by atoms with Crippen LogP contribution in [0.1, 0.15) is 28.5 Å². The summed E-state index contributed by atoms with van der Waals surface area (Å²) in [6, 6.07) is 7.83. The van der Waals surface area contributed by atoms with Gasteiger partial charge in [0.1, 0.15) is 12.3 Å². The number of likely N-dealkylation sites (tertiary alicyclic amines) is 1. The number of fused-ring (bicyclic) bond motifs is 9. The van der Waals surface area contributed by atoms with Gasteiger partial charge in [0.2, 0.25) is 17.7 Å². The molecule has 3 aromatic rings. The summed E-state index contributed by atoms with van der Waals surface area (Å²) in [7, 11) is 0. The molecule has 7 atom stereocenters. The van der Waals surface area contributed by atoms with Crippen molar-refractivity contribution in [2.24, 2.45) is 29.6 Å². The number of alkyl halides is 3. The predicted molar refractivity (Wildman–Crippen MR) is 134 cm³/mol. The van der Waals surface area contributed by atoms with Crippen LogP contribution >= 0.6 is 23.1 Å². The maximum Gasteiger partial charge on any atom is 0.416 e. The highest BCUT2D eigenvalue weighted by atomic mass is 32.2. The molecule has 2 aliphatic heterocycles. The van der Waals surface area contributed by atoms with Crippen molar-refractivity contribution < 1.29 is 32.0 Å². The molecule has 1 aromatic carbocycles. The number of H-pyrrole nitrogens is 1. The van der Waals surface area contributed by atoms with E-state index in [1.807, 2.05) is 6.07 Å². The molecule has 0 unspecified atom stereocenters. The van der Waals surface area contributed by atoms with Crippen LogP contribution in [0.3, 0.4) is 0 Å². The van der Waals surface area contributed by atoms with Crippen molar-refractivity contribution in [3.63, 3.8) is 0 Å². The largest absolute Gasteiger partial charge is 0.469 e. The summed E-state index contributed by atoms with van der Waals surface area (Å²) < 4.78 is 44.9. The van der Waals surface area contributed by atoms with Crippen molar-refractivity contribution in [3.05, 3.63) is 68.5 Å². The van der Waals surface area contributed by atoms with Gasteiger partial charge >= 0.3 is 11.0 Å². The Morgan fingerprint density at radius 1 is 1.10 bits per heavy atom. The first-order valence-corrected chi connectivity index (χ1v) is 14.1.